The molecule has 19 heavy (non-hydrogen) atoms. The standard InChI is InChI=1S/C14H20N2O3/c1-3-16-13(17)10-15-9-12-7-5-4-6-11(12)8-14(18)19-2/h4-7,15H,3,8-10H2,1-2H3,(H,16,17). The van der Waals surface area contributed by atoms with Crippen molar-refractivity contribution in [2.24, 2.45) is 0 Å². The van der Waals surface area contributed by atoms with Crippen LogP contribution in [0.25, 0.3) is 0 Å². The lowest BCUT2D eigenvalue weighted by Gasteiger charge is -2.09. The summed E-state index contributed by atoms with van der Waals surface area (Å²) in [7, 11) is 1.37. The van der Waals surface area contributed by atoms with Crippen molar-refractivity contribution in [1.29, 1.82) is 0 Å². The highest BCUT2D eigenvalue weighted by Gasteiger charge is 2.07. The summed E-state index contributed by atoms with van der Waals surface area (Å²) < 4.78 is 4.66. The van der Waals surface area contributed by atoms with Crippen molar-refractivity contribution >= 4 is 11.9 Å². The summed E-state index contributed by atoms with van der Waals surface area (Å²) in [5, 5.41) is 5.77. The first-order valence-corrected chi connectivity index (χ1v) is 6.28. The van der Waals surface area contributed by atoms with E-state index in [0.717, 1.165) is 11.1 Å². The van der Waals surface area contributed by atoms with Gasteiger partial charge in [-0.3, -0.25) is 9.59 Å². The molecule has 1 aromatic rings. The molecule has 0 unspecified atom stereocenters. The van der Waals surface area contributed by atoms with Gasteiger partial charge in [-0.05, 0) is 18.1 Å². The fourth-order valence-corrected chi connectivity index (χ4v) is 1.70. The van der Waals surface area contributed by atoms with Crippen LogP contribution in [0.4, 0.5) is 0 Å². The number of methoxy groups -OCH3 is 1. The van der Waals surface area contributed by atoms with Crippen LogP contribution in [0.3, 0.4) is 0 Å². The Balaban J connectivity index is 2.53. The second kappa shape index (κ2) is 8.26. The average molecular weight is 264 g/mol. The van der Waals surface area contributed by atoms with Crippen LogP contribution in [0.15, 0.2) is 24.3 Å². The molecule has 0 bridgehead atoms. The van der Waals surface area contributed by atoms with Crippen LogP contribution in [0.2, 0.25) is 0 Å². The Hall–Kier alpha value is -1.88. The third kappa shape index (κ3) is 5.52. The molecule has 0 heterocycles. The number of nitrogens with one attached hydrogen (secondary N) is 2. The second-order valence-corrected chi connectivity index (χ2v) is 4.08. The lowest BCUT2D eigenvalue weighted by Crippen LogP contribution is -2.33. The number of ether oxygens (including phenoxy) is 1. The van der Waals surface area contributed by atoms with Gasteiger partial charge in [0.1, 0.15) is 0 Å². The fraction of sp³-hybridized carbons (Fsp3) is 0.429. The Morgan fingerprint density at radius 2 is 1.89 bits per heavy atom. The van der Waals surface area contributed by atoms with E-state index >= 15 is 0 Å². The first kappa shape index (κ1) is 15.2. The zero-order chi connectivity index (χ0) is 14.1. The summed E-state index contributed by atoms with van der Waals surface area (Å²) in [6.07, 6.45) is 0.246. The van der Waals surface area contributed by atoms with Gasteiger partial charge in [0.2, 0.25) is 5.91 Å². The Kier molecular flexibility index (Phi) is 6.60. The predicted octanol–water partition coefficient (Wildman–Crippen LogP) is 0.628. The summed E-state index contributed by atoms with van der Waals surface area (Å²) in [5.74, 6) is -0.302. The molecule has 5 nitrogen and oxygen atoms in total. The molecule has 0 saturated carbocycles. The summed E-state index contributed by atoms with van der Waals surface area (Å²) >= 11 is 0. The van der Waals surface area contributed by atoms with Gasteiger partial charge in [-0.25, -0.2) is 0 Å². The molecule has 0 aliphatic rings. The van der Waals surface area contributed by atoms with Crippen molar-refractivity contribution in [2.45, 2.75) is 19.9 Å². The number of likely N-dealkylation sites (N-methyl/N-ethyl adjacent to an activating group) is 1. The van der Waals surface area contributed by atoms with E-state index < -0.39 is 0 Å². The van der Waals surface area contributed by atoms with Crippen molar-refractivity contribution in [3.05, 3.63) is 35.4 Å². The molecule has 2 N–H and O–H groups in total. The van der Waals surface area contributed by atoms with Crippen LogP contribution in [0.5, 0.6) is 0 Å². The maximum absolute atomic E-state index is 11.3. The SMILES string of the molecule is CCNC(=O)CNCc1ccccc1CC(=O)OC. The Morgan fingerprint density at radius 1 is 1.21 bits per heavy atom. The Bertz CT molecular complexity index is 432. The number of hydrogen-bond donors (Lipinski definition) is 2. The van der Waals surface area contributed by atoms with E-state index in [0.29, 0.717) is 13.1 Å². The van der Waals surface area contributed by atoms with Gasteiger partial charge in [0.15, 0.2) is 0 Å². The first-order valence-electron chi connectivity index (χ1n) is 6.28. The molecule has 104 valence electrons. The minimum atomic E-state index is -0.267. The number of hydrogen-bond acceptors (Lipinski definition) is 4. The Labute approximate surface area is 113 Å². The van der Waals surface area contributed by atoms with Gasteiger partial charge < -0.3 is 15.4 Å². The highest BCUT2D eigenvalue weighted by Crippen LogP contribution is 2.09. The lowest BCUT2D eigenvalue weighted by molar-refractivity contribution is -0.139. The molecule has 0 radical (unpaired) electrons. The molecule has 0 saturated heterocycles. The van der Waals surface area contributed by atoms with Crippen molar-refractivity contribution in [2.75, 3.05) is 20.2 Å². The van der Waals surface area contributed by atoms with Crippen LogP contribution < -0.4 is 10.6 Å². The van der Waals surface area contributed by atoms with Crippen LogP contribution >= 0.6 is 0 Å². The fourth-order valence-electron chi connectivity index (χ4n) is 1.70. The average Bonchev–Trinajstić information content (AvgIpc) is 2.41. The van der Waals surface area contributed by atoms with Gasteiger partial charge in [0.05, 0.1) is 20.1 Å². The van der Waals surface area contributed by atoms with Gasteiger partial charge >= 0.3 is 5.97 Å². The normalized spacial score (nSPS) is 10.0. The summed E-state index contributed by atoms with van der Waals surface area (Å²) in [5.41, 5.74) is 1.91. The van der Waals surface area contributed by atoms with Crippen molar-refractivity contribution < 1.29 is 14.3 Å². The maximum atomic E-state index is 11.3. The molecule has 5 heteroatoms. The van der Waals surface area contributed by atoms with Crippen molar-refractivity contribution in [3.63, 3.8) is 0 Å². The number of amides is 1. The van der Waals surface area contributed by atoms with E-state index in [9.17, 15) is 9.59 Å². The first-order chi connectivity index (χ1) is 9.17. The summed E-state index contributed by atoms with van der Waals surface area (Å²) in [6, 6.07) is 7.61. The smallest absolute Gasteiger partial charge is 0.309 e. The van der Waals surface area contributed by atoms with Gasteiger partial charge in [0, 0.05) is 13.1 Å². The number of benzene rings is 1. The molecule has 0 fully saturated rings. The largest absolute Gasteiger partial charge is 0.469 e. The molecule has 1 aromatic carbocycles. The topological polar surface area (TPSA) is 67.4 Å². The molecule has 0 aliphatic heterocycles. The molecular weight excluding hydrogens is 244 g/mol. The predicted molar refractivity (Wildman–Crippen MR) is 72.6 cm³/mol. The monoisotopic (exact) mass is 264 g/mol. The quantitative estimate of drug-likeness (QED) is 0.709. The van der Waals surface area contributed by atoms with E-state index in [4.69, 9.17) is 0 Å². The zero-order valence-electron chi connectivity index (χ0n) is 11.4. The van der Waals surface area contributed by atoms with Gasteiger partial charge in [0.25, 0.3) is 0 Å². The number of carbonyl (C=O) groups is 2. The van der Waals surface area contributed by atoms with Crippen LogP contribution in [0, 0.1) is 0 Å². The molecule has 0 aromatic heterocycles. The van der Waals surface area contributed by atoms with Gasteiger partial charge in [-0.1, -0.05) is 24.3 Å². The van der Waals surface area contributed by atoms with E-state index in [1.807, 2.05) is 31.2 Å². The van der Waals surface area contributed by atoms with Crippen molar-refractivity contribution in [3.8, 4) is 0 Å². The van der Waals surface area contributed by atoms with E-state index in [-0.39, 0.29) is 24.8 Å². The Morgan fingerprint density at radius 3 is 2.53 bits per heavy atom. The third-order valence-electron chi connectivity index (χ3n) is 2.66. The molecule has 1 amide bonds. The number of carbonyl (C=O) groups excluding carboxylic acids is 2. The summed E-state index contributed by atoms with van der Waals surface area (Å²) in [6.45, 7) is 3.31. The molecule has 0 aliphatic carbocycles. The van der Waals surface area contributed by atoms with Crippen molar-refractivity contribution in [1.82, 2.24) is 10.6 Å². The van der Waals surface area contributed by atoms with E-state index in [1.54, 1.807) is 0 Å². The zero-order valence-corrected chi connectivity index (χ0v) is 11.4. The van der Waals surface area contributed by atoms with Crippen LogP contribution in [-0.2, 0) is 27.3 Å². The molecule has 1 rings (SSSR count). The van der Waals surface area contributed by atoms with E-state index in [1.165, 1.54) is 7.11 Å². The highest BCUT2D eigenvalue weighted by atomic mass is 16.5. The number of esters is 1. The molecule has 0 spiro atoms. The third-order valence-corrected chi connectivity index (χ3v) is 2.66. The maximum Gasteiger partial charge on any atom is 0.309 e. The van der Waals surface area contributed by atoms with Crippen LogP contribution in [-0.4, -0.2) is 32.1 Å². The molecular formula is C14H20N2O3. The molecule has 0 atom stereocenters. The minimum Gasteiger partial charge on any atom is -0.469 e. The summed E-state index contributed by atoms with van der Waals surface area (Å²) in [4.78, 5) is 22.6. The number of rotatable bonds is 7. The van der Waals surface area contributed by atoms with Gasteiger partial charge in [-0.2, -0.15) is 0 Å². The van der Waals surface area contributed by atoms with Gasteiger partial charge in [-0.15, -0.1) is 0 Å². The minimum absolute atomic E-state index is 0.0343. The second-order valence-electron chi connectivity index (χ2n) is 4.08. The van der Waals surface area contributed by atoms with E-state index in [2.05, 4.69) is 15.4 Å². The highest BCUT2D eigenvalue weighted by molar-refractivity contribution is 5.77. The van der Waals surface area contributed by atoms with Crippen LogP contribution in [0.1, 0.15) is 18.1 Å². The lowest BCUT2D eigenvalue weighted by atomic mass is 10.0.